The Morgan fingerprint density at radius 3 is 2.64 bits per heavy atom. The smallest absolute Gasteiger partial charge is 0.209 e. The molecule has 0 rings (SSSR count). The van der Waals surface area contributed by atoms with Crippen LogP contribution in [-0.4, -0.2) is 23.9 Å². The fourth-order valence-electron chi connectivity index (χ4n) is 0.827. The molecule has 0 saturated carbocycles. The van der Waals surface area contributed by atoms with Gasteiger partial charge in [0.15, 0.2) is 0 Å². The quantitative estimate of drug-likeness (QED) is 0.366. The molecule has 0 aliphatic rings. The second-order valence-corrected chi connectivity index (χ2v) is 2.15. The summed E-state index contributed by atoms with van der Waals surface area (Å²) in [6, 6.07) is 0. The zero-order chi connectivity index (χ0) is 8.69. The van der Waals surface area contributed by atoms with Crippen molar-refractivity contribution in [2.24, 2.45) is 10.7 Å². The molecule has 0 radical (unpaired) electrons. The fourth-order valence-corrected chi connectivity index (χ4v) is 0.827. The first-order valence-corrected chi connectivity index (χ1v) is 3.73. The van der Waals surface area contributed by atoms with Crippen molar-refractivity contribution < 1.29 is 0 Å². The maximum Gasteiger partial charge on any atom is 0.209 e. The monoisotopic (exact) mass is 154 g/mol. The highest BCUT2D eigenvalue weighted by Gasteiger charge is 2.01. The number of nitrogens with zero attached hydrogens (tertiary/aromatic N) is 3. The van der Waals surface area contributed by atoms with Crippen LogP contribution in [0.25, 0.3) is 0 Å². The summed E-state index contributed by atoms with van der Waals surface area (Å²) < 4.78 is 0. The summed E-state index contributed by atoms with van der Waals surface area (Å²) in [5.41, 5.74) is 5.48. The molecule has 0 aromatic carbocycles. The molecule has 0 spiro atoms. The summed E-state index contributed by atoms with van der Waals surface area (Å²) in [4.78, 5) is 5.30. The molecule has 0 aliphatic heterocycles. The molecule has 11 heavy (non-hydrogen) atoms. The molecule has 4 heteroatoms. The molecule has 0 unspecified atom stereocenters. The first kappa shape index (κ1) is 9.76. The molecule has 0 amide bonds. The number of nitriles is 1. The predicted octanol–water partition coefficient (Wildman–Crippen LogP) is 0.514. The highest BCUT2D eigenvalue weighted by molar-refractivity contribution is 5.78. The molecule has 62 valence electrons. The van der Waals surface area contributed by atoms with Crippen LogP contribution in [0.3, 0.4) is 0 Å². The standard InChI is InChI=1S/C7H14N4/c1-3-5-11(4-2)7(9)10-6-8/h3-5H2,1-2H3,(H2,9,10). The van der Waals surface area contributed by atoms with Crippen LogP contribution in [0.1, 0.15) is 20.3 Å². The van der Waals surface area contributed by atoms with Gasteiger partial charge in [-0.3, -0.25) is 0 Å². The van der Waals surface area contributed by atoms with Crippen LogP contribution < -0.4 is 5.73 Å². The van der Waals surface area contributed by atoms with Gasteiger partial charge < -0.3 is 10.6 Å². The maximum atomic E-state index is 8.21. The third-order valence-electron chi connectivity index (χ3n) is 1.36. The minimum absolute atomic E-state index is 0.317. The molecule has 4 nitrogen and oxygen atoms in total. The van der Waals surface area contributed by atoms with Gasteiger partial charge in [-0.05, 0) is 13.3 Å². The Morgan fingerprint density at radius 1 is 1.64 bits per heavy atom. The van der Waals surface area contributed by atoms with Crippen molar-refractivity contribution in [3.8, 4) is 6.19 Å². The Kier molecular flexibility index (Phi) is 4.91. The molecule has 0 aliphatic carbocycles. The Morgan fingerprint density at radius 2 is 2.27 bits per heavy atom. The van der Waals surface area contributed by atoms with E-state index in [0.717, 1.165) is 19.5 Å². The number of aliphatic imine (C=N–C) groups is 1. The lowest BCUT2D eigenvalue weighted by Crippen LogP contribution is -2.37. The van der Waals surface area contributed by atoms with E-state index >= 15 is 0 Å². The molecule has 0 heterocycles. The molecule has 0 fully saturated rings. The van der Waals surface area contributed by atoms with Gasteiger partial charge in [-0.1, -0.05) is 6.92 Å². The minimum atomic E-state index is 0.317. The summed E-state index contributed by atoms with van der Waals surface area (Å²) in [6.45, 7) is 5.69. The average Bonchev–Trinajstić information content (AvgIpc) is 2.00. The fraction of sp³-hybridized carbons (Fsp3) is 0.714. The number of nitrogens with two attached hydrogens (primary N) is 1. The normalized spacial score (nSPS) is 10.8. The second kappa shape index (κ2) is 5.54. The first-order valence-electron chi connectivity index (χ1n) is 3.73. The molecule has 0 aromatic rings. The van der Waals surface area contributed by atoms with E-state index in [2.05, 4.69) is 11.9 Å². The first-order chi connectivity index (χ1) is 5.26. The van der Waals surface area contributed by atoms with Gasteiger partial charge in [-0.25, -0.2) is 0 Å². The van der Waals surface area contributed by atoms with Gasteiger partial charge in [-0.15, -0.1) is 4.99 Å². The summed E-state index contributed by atoms with van der Waals surface area (Å²) in [5, 5.41) is 8.21. The predicted molar refractivity (Wildman–Crippen MR) is 44.8 cm³/mol. The second-order valence-electron chi connectivity index (χ2n) is 2.15. The van der Waals surface area contributed by atoms with Gasteiger partial charge in [0.25, 0.3) is 0 Å². The Bertz CT molecular complexity index is 168. The van der Waals surface area contributed by atoms with Crippen LogP contribution in [-0.2, 0) is 0 Å². The highest BCUT2D eigenvalue weighted by Crippen LogP contribution is 1.89. The zero-order valence-corrected chi connectivity index (χ0v) is 7.04. The molecule has 2 N–H and O–H groups in total. The summed E-state index contributed by atoms with van der Waals surface area (Å²) in [6.07, 6.45) is 2.67. The molecule has 0 atom stereocenters. The lowest BCUT2D eigenvalue weighted by Gasteiger charge is -2.19. The third kappa shape index (κ3) is 3.46. The van der Waals surface area contributed by atoms with Crippen molar-refractivity contribution in [1.29, 1.82) is 5.26 Å². The molecular formula is C7H14N4. The molecular weight excluding hydrogens is 140 g/mol. The van der Waals surface area contributed by atoms with Gasteiger partial charge in [-0.2, -0.15) is 5.26 Å². The van der Waals surface area contributed by atoms with E-state index in [1.54, 1.807) is 6.19 Å². The summed E-state index contributed by atoms with van der Waals surface area (Å²) in [5.74, 6) is 0.317. The zero-order valence-electron chi connectivity index (χ0n) is 7.04. The number of hydrogen-bond acceptors (Lipinski definition) is 2. The SMILES string of the molecule is CCCN(CC)C(N)=NC#N. The van der Waals surface area contributed by atoms with E-state index in [1.807, 2.05) is 11.8 Å². The van der Waals surface area contributed by atoms with E-state index in [4.69, 9.17) is 11.0 Å². The third-order valence-corrected chi connectivity index (χ3v) is 1.36. The van der Waals surface area contributed by atoms with Gasteiger partial charge in [0.1, 0.15) is 0 Å². The van der Waals surface area contributed by atoms with Crippen LogP contribution >= 0.6 is 0 Å². The van der Waals surface area contributed by atoms with E-state index in [0.29, 0.717) is 5.96 Å². The van der Waals surface area contributed by atoms with Crippen LogP contribution in [0.2, 0.25) is 0 Å². The van der Waals surface area contributed by atoms with Crippen molar-refractivity contribution in [3.05, 3.63) is 0 Å². The Hall–Kier alpha value is -1.24. The van der Waals surface area contributed by atoms with Crippen molar-refractivity contribution >= 4 is 5.96 Å². The topological polar surface area (TPSA) is 65.4 Å². The van der Waals surface area contributed by atoms with E-state index in [9.17, 15) is 0 Å². The number of rotatable bonds is 3. The molecule has 0 bridgehead atoms. The lowest BCUT2D eigenvalue weighted by molar-refractivity contribution is 0.435. The van der Waals surface area contributed by atoms with Crippen molar-refractivity contribution in [2.75, 3.05) is 13.1 Å². The summed E-state index contributed by atoms with van der Waals surface area (Å²) in [7, 11) is 0. The van der Waals surface area contributed by atoms with Crippen molar-refractivity contribution in [1.82, 2.24) is 4.90 Å². The Balaban J connectivity index is 4.04. The van der Waals surface area contributed by atoms with Crippen molar-refractivity contribution in [2.45, 2.75) is 20.3 Å². The van der Waals surface area contributed by atoms with Crippen LogP contribution in [0.15, 0.2) is 4.99 Å². The summed E-state index contributed by atoms with van der Waals surface area (Å²) >= 11 is 0. The van der Waals surface area contributed by atoms with E-state index in [-0.39, 0.29) is 0 Å². The maximum absolute atomic E-state index is 8.21. The average molecular weight is 154 g/mol. The van der Waals surface area contributed by atoms with E-state index in [1.165, 1.54) is 0 Å². The largest absolute Gasteiger partial charge is 0.369 e. The van der Waals surface area contributed by atoms with Crippen LogP contribution in [0, 0.1) is 11.5 Å². The van der Waals surface area contributed by atoms with Gasteiger partial charge in [0, 0.05) is 13.1 Å². The van der Waals surface area contributed by atoms with Gasteiger partial charge >= 0.3 is 0 Å². The number of guanidine groups is 1. The molecule has 0 aromatic heterocycles. The Labute approximate surface area is 67.3 Å². The minimum Gasteiger partial charge on any atom is -0.369 e. The van der Waals surface area contributed by atoms with Gasteiger partial charge in [0.2, 0.25) is 12.2 Å². The van der Waals surface area contributed by atoms with Crippen LogP contribution in [0.4, 0.5) is 0 Å². The van der Waals surface area contributed by atoms with Gasteiger partial charge in [0.05, 0.1) is 0 Å². The lowest BCUT2D eigenvalue weighted by atomic mass is 10.4. The van der Waals surface area contributed by atoms with Crippen molar-refractivity contribution in [3.63, 3.8) is 0 Å². The molecule has 0 saturated heterocycles. The highest BCUT2D eigenvalue weighted by atomic mass is 15.2. The number of hydrogen-bond donors (Lipinski definition) is 1. The van der Waals surface area contributed by atoms with E-state index < -0.39 is 0 Å². The van der Waals surface area contributed by atoms with Crippen LogP contribution in [0.5, 0.6) is 0 Å².